The van der Waals surface area contributed by atoms with Crippen LogP contribution in [0, 0.1) is 0 Å². The normalized spacial score (nSPS) is 18.2. The highest BCUT2D eigenvalue weighted by Crippen LogP contribution is 2.22. The Balaban J connectivity index is 2.83. The fourth-order valence-corrected chi connectivity index (χ4v) is 1.09. The molecule has 0 heterocycles. The average Bonchev–Trinajstić information content (AvgIpc) is 2.10. The van der Waals surface area contributed by atoms with E-state index in [9.17, 15) is 4.79 Å². The van der Waals surface area contributed by atoms with Crippen LogP contribution in [-0.2, 0) is 4.79 Å². The second kappa shape index (κ2) is 2.18. The van der Waals surface area contributed by atoms with Crippen molar-refractivity contribution in [3.8, 4) is 0 Å². The minimum atomic E-state index is 0.856. The van der Waals surface area contributed by atoms with Gasteiger partial charge in [0, 0.05) is 0 Å². The Morgan fingerprint density at radius 3 is 2.44 bits per heavy atom. The van der Waals surface area contributed by atoms with E-state index >= 15 is 0 Å². The highest BCUT2D eigenvalue weighted by atomic mass is 16.1. The summed E-state index contributed by atoms with van der Waals surface area (Å²) >= 11 is 0. The van der Waals surface area contributed by atoms with E-state index in [1.807, 2.05) is 13.8 Å². The molecule has 0 atom stereocenters. The fraction of sp³-hybridized carbons (Fsp3) is 0.375. The van der Waals surface area contributed by atoms with E-state index in [2.05, 4.69) is 6.08 Å². The molecule has 1 aliphatic rings. The molecular formula is C8H10O. The quantitative estimate of drug-likeness (QED) is 0.485. The van der Waals surface area contributed by atoms with Gasteiger partial charge in [-0.1, -0.05) is 11.6 Å². The number of hydrogen-bond acceptors (Lipinski definition) is 1. The van der Waals surface area contributed by atoms with E-state index in [1.54, 1.807) is 0 Å². The monoisotopic (exact) mass is 122 g/mol. The first-order valence-corrected chi connectivity index (χ1v) is 3.06. The van der Waals surface area contributed by atoms with Crippen molar-refractivity contribution in [2.24, 2.45) is 0 Å². The summed E-state index contributed by atoms with van der Waals surface area (Å²) in [6.45, 7) is 4.01. The van der Waals surface area contributed by atoms with Crippen LogP contribution in [0.1, 0.15) is 20.3 Å². The molecule has 0 fully saturated rings. The van der Waals surface area contributed by atoms with Gasteiger partial charge in [0.2, 0.25) is 0 Å². The lowest BCUT2D eigenvalue weighted by Gasteiger charge is -1.88. The smallest absolute Gasteiger partial charge is 0.146 e. The van der Waals surface area contributed by atoms with E-state index in [0.717, 1.165) is 23.9 Å². The maximum absolute atomic E-state index is 10.3. The molecule has 0 aromatic heterocycles. The standard InChI is InChI=1S/C8H10O/c1-6-3-7(2)8(4-6)5-9/h3,5H,4H2,1-2H3. The second-order valence-corrected chi connectivity index (χ2v) is 2.49. The molecule has 0 bridgehead atoms. The van der Waals surface area contributed by atoms with Crippen LogP contribution in [0.2, 0.25) is 0 Å². The van der Waals surface area contributed by atoms with Gasteiger partial charge in [-0.25, -0.2) is 0 Å². The van der Waals surface area contributed by atoms with Crippen molar-refractivity contribution in [1.29, 1.82) is 0 Å². The Labute approximate surface area is 55.1 Å². The zero-order chi connectivity index (χ0) is 6.85. The Hall–Kier alpha value is -0.850. The summed E-state index contributed by atoms with van der Waals surface area (Å²) in [7, 11) is 0. The number of hydrogen-bond donors (Lipinski definition) is 0. The highest BCUT2D eigenvalue weighted by molar-refractivity contribution is 5.78. The van der Waals surface area contributed by atoms with Gasteiger partial charge in [-0.15, -0.1) is 0 Å². The Morgan fingerprint density at radius 2 is 2.22 bits per heavy atom. The van der Waals surface area contributed by atoms with Gasteiger partial charge < -0.3 is 0 Å². The molecule has 0 aromatic carbocycles. The van der Waals surface area contributed by atoms with E-state index in [-0.39, 0.29) is 0 Å². The van der Waals surface area contributed by atoms with Crippen LogP contribution < -0.4 is 0 Å². The van der Waals surface area contributed by atoms with Crippen LogP contribution in [0.5, 0.6) is 0 Å². The van der Waals surface area contributed by atoms with Crippen molar-refractivity contribution >= 4 is 6.29 Å². The van der Waals surface area contributed by atoms with Crippen molar-refractivity contribution in [1.82, 2.24) is 0 Å². The summed E-state index contributed by atoms with van der Waals surface area (Å²) in [5, 5.41) is 0. The van der Waals surface area contributed by atoms with Gasteiger partial charge >= 0.3 is 0 Å². The summed E-state index contributed by atoms with van der Waals surface area (Å²) in [5.41, 5.74) is 3.35. The lowest BCUT2D eigenvalue weighted by atomic mass is 10.2. The molecule has 48 valence electrons. The Kier molecular flexibility index (Phi) is 1.52. The number of rotatable bonds is 1. The number of aldehydes is 1. The predicted octanol–water partition coefficient (Wildman–Crippen LogP) is 1.85. The summed E-state index contributed by atoms with van der Waals surface area (Å²) in [6.07, 6.45) is 3.86. The van der Waals surface area contributed by atoms with Crippen molar-refractivity contribution in [2.75, 3.05) is 0 Å². The van der Waals surface area contributed by atoms with Crippen LogP contribution in [0.25, 0.3) is 0 Å². The maximum atomic E-state index is 10.3. The van der Waals surface area contributed by atoms with Gasteiger partial charge in [0.05, 0.1) is 0 Å². The lowest BCUT2D eigenvalue weighted by molar-refractivity contribution is -0.105. The SMILES string of the molecule is CC1=CC(C)=C(C=O)C1. The Bertz CT molecular complexity index is 197. The van der Waals surface area contributed by atoms with Gasteiger partial charge in [0.1, 0.15) is 6.29 Å². The minimum absolute atomic E-state index is 0.856. The van der Waals surface area contributed by atoms with Crippen molar-refractivity contribution in [2.45, 2.75) is 20.3 Å². The molecule has 9 heavy (non-hydrogen) atoms. The molecular weight excluding hydrogens is 112 g/mol. The van der Waals surface area contributed by atoms with Crippen molar-refractivity contribution < 1.29 is 4.79 Å². The summed E-state index contributed by atoms with van der Waals surface area (Å²) in [4.78, 5) is 10.3. The molecule has 1 aliphatic carbocycles. The average molecular weight is 122 g/mol. The molecule has 0 amide bonds. The Morgan fingerprint density at radius 1 is 1.56 bits per heavy atom. The van der Waals surface area contributed by atoms with E-state index in [1.165, 1.54) is 5.57 Å². The van der Waals surface area contributed by atoms with Crippen molar-refractivity contribution in [3.05, 3.63) is 22.8 Å². The topological polar surface area (TPSA) is 17.1 Å². The first-order valence-electron chi connectivity index (χ1n) is 3.06. The van der Waals surface area contributed by atoms with Crippen LogP contribution in [0.3, 0.4) is 0 Å². The fourth-order valence-electron chi connectivity index (χ4n) is 1.09. The van der Waals surface area contributed by atoms with Gasteiger partial charge in [0.15, 0.2) is 0 Å². The molecule has 0 saturated carbocycles. The maximum Gasteiger partial charge on any atom is 0.146 e. The highest BCUT2D eigenvalue weighted by Gasteiger charge is 2.07. The van der Waals surface area contributed by atoms with Crippen LogP contribution in [0.15, 0.2) is 22.8 Å². The molecule has 0 aromatic rings. The van der Waals surface area contributed by atoms with E-state index < -0.39 is 0 Å². The van der Waals surface area contributed by atoms with Crippen LogP contribution >= 0.6 is 0 Å². The number of carbonyl (C=O) groups excluding carboxylic acids is 1. The summed E-state index contributed by atoms with van der Waals surface area (Å²) < 4.78 is 0. The van der Waals surface area contributed by atoms with Gasteiger partial charge in [-0.3, -0.25) is 4.79 Å². The molecule has 0 N–H and O–H groups in total. The van der Waals surface area contributed by atoms with Gasteiger partial charge in [-0.05, 0) is 31.4 Å². The second-order valence-electron chi connectivity index (χ2n) is 2.49. The van der Waals surface area contributed by atoms with Crippen molar-refractivity contribution in [3.63, 3.8) is 0 Å². The molecule has 0 radical (unpaired) electrons. The number of carbonyl (C=O) groups is 1. The molecule has 0 unspecified atom stereocenters. The number of allylic oxidation sites excluding steroid dienone is 4. The molecule has 0 spiro atoms. The van der Waals surface area contributed by atoms with Crippen LogP contribution in [0.4, 0.5) is 0 Å². The molecule has 1 rings (SSSR count). The summed E-state index contributed by atoms with van der Waals surface area (Å²) in [5.74, 6) is 0. The van der Waals surface area contributed by atoms with E-state index in [0.29, 0.717) is 0 Å². The predicted molar refractivity (Wildman–Crippen MR) is 37.1 cm³/mol. The van der Waals surface area contributed by atoms with Crippen LogP contribution in [-0.4, -0.2) is 6.29 Å². The lowest BCUT2D eigenvalue weighted by Crippen LogP contribution is -1.81. The zero-order valence-electron chi connectivity index (χ0n) is 5.77. The largest absolute Gasteiger partial charge is 0.298 e. The van der Waals surface area contributed by atoms with Gasteiger partial charge in [0.25, 0.3) is 0 Å². The van der Waals surface area contributed by atoms with Gasteiger partial charge in [-0.2, -0.15) is 0 Å². The molecule has 1 heteroatoms. The third kappa shape index (κ3) is 1.10. The molecule has 0 aliphatic heterocycles. The minimum Gasteiger partial charge on any atom is -0.298 e. The third-order valence-electron chi connectivity index (χ3n) is 1.58. The summed E-state index contributed by atoms with van der Waals surface area (Å²) in [6, 6.07) is 0. The third-order valence-corrected chi connectivity index (χ3v) is 1.58. The molecule has 1 nitrogen and oxygen atoms in total. The zero-order valence-corrected chi connectivity index (χ0v) is 5.77. The molecule has 0 saturated heterocycles. The van der Waals surface area contributed by atoms with E-state index in [4.69, 9.17) is 0 Å². The first-order chi connectivity index (χ1) is 4.24. The first kappa shape index (κ1) is 6.27.